The molecule has 0 heterocycles. The van der Waals surface area contributed by atoms with Crippen LogP contribution in [0.4, 0.5) is 0 Å². The Balaban J connectivity index is 3.33. The molecule has 0 aromatic carbocycles. The second-order valence-corrected chi connectivity index (χ2v) is 3.56. The summed E-state index contributed by atoms with van der Waals surface area (Å²) in [5, 5.41) is 3.04. The van der Waals surface area contributed by atoms with Crippen LogP contribution in [0.1, 0.15) is 20.8 Å². The topological polar surface area (TPSA) is 41.6 Å². The largest absolute Gasteiger partial charge is 0.465 e. The van der Waals surface area contributed by atoms with E-state index in [1.54, 1.807) is 0 Å². The number of nitrogens with one attached hydrogen (secondary N) is 1. The molecule has 0 saturated heterocycles. The Bertz CT molecular complexity index is 160. The number of likely N-dealkylation sites (N-methyl/N-ethyl adjacent to an activating group) is 1. The molecular weight excluding hydrogens is 180 g/mol. The zero-order valence-electron chi connectivity index (χ0n) is 9.67. The zero-order valence-corrected chi connectivity index (χ0v) is 9.67. The van der Waals surface area contributed by atoms with Crippen LogP contribution in [0.25, 0.3) is 0 Å². The highest BCUT2D eigenvalue weighted by atomic mass is 16.5. The summed E-state index contributed by atoms with van der Waals surface area (Å²) in [6.07, 6.45) is 0. The number of rotatable bonds is 7. The molecule has 0 spiro atoms. The fourth-order valence-corrected chi connectivity index (χ4v) is 0.916. The molecule has 0 amide bonds. The molecule has 0 fully saturated rings. The van der Waals surface area contributed by atoms with Crippen molar-refractivity contribution < 1.29 is 9.53 Å². The van der Waals surface area contributed by atoms with E-state index in [1.807, 2.05) is 6.92 Å². The molecule has 0 aliphatic heterocycles. The first-order chi connectivity index (χ1) is 6.57. The standard InChI is InChI=1S/C10H22N2O2/c1-5-14-10(13)8-11-6-7-12(4)9(2)3/h9,11H,5-8H2,1-4H3. The SMILES string of the molecule is CCOC(=O)CNCCN(C)C(C)C. The van der Waals surface area contributed by atoms with Gasteiger partial charge in [0.15, 0.2) is 0 Å². The van der Waals surface area contributed by atoms with Gasteiger partial charge in [0.1, 0.15) is 0 Å². The van der Waals surface area contributed by atoms with Crippen molar-refractivity contribution in [2.75, 3.05) is 33.3 Å². The van der Waals surface area contributed by atoms with Gasteiger partial charge in [0.2, 0.25) is 0 Å². The number of hydrogen-bond donors (Lipinski definition) is 1. The minimum atomic E-state index is -0.181. The quantitative estimate of drug-likeness (QED) is 0.481. The Hall–Kier alpha value is -0.610. The number of carbonyl (C=O) groups excluding carboxylic acids is 1. The third-order valence-corrected chi connectivity index (χ3v) is 2.10. The van der Waals surface area contributed by atoms with Crippen molar-refractivity contribution in [3.8, 4) is 0 Å². The van der Waals surface area contributed by atoms with Crippen LogP contribution >= 0.6 is 0 Å². The van der Waals surface area contributed by atoms with Gasteiger partial charge < -0.3 is 15.0 Å². The van der Waals surface area contributed by atoms with E-state index >= 15 is 0 Å². The van der Waals surface area contributed by atoms with Crippen LogP contribution in [0.5, 0.6) is 0 Å². The fourth-order valence-electron chi connectivity index (χ4n) is 0.916. The second kappa shape index (κ2) is 7.76. The molecule has 0 rings (SSSR count). The van der Waals surface area contributed by atoms with Crippen molar-refractivity contribution in [3.05, 3.63) is 0 Å². The first kappa shape index (κ1) is 13.4. The summed E-state index contributed by atoms with van der Waals surface area (Å²) < 4.78 is 4.78. The van der Waals surface area contributed by atoms with Crippen LogP contribution in [0.2, 0.25) is 0 Å². The lowest BCUT2D eigenvalue weighted by Crippen LogP contribution is -2.35. The van der Waals surface area contributed by atoms with E-state index in [1.165, 1.54) is 0 Å². The van der Waals surface area contributed by atoms with Gasteiger partial charge in [-0.2, -0.15) is 0 Å². The molecule has 0 aromatic rings. The Labute approximate surface area is 86.6 Å². The maximum atomic E-state index is 10.9. The molecule has 14 heavy (non-hydrogen) atoms. The summed E-state index contributed by atoms with van der Waals surface area (Å²) in [4.78, 5) is 13.1. The zero-order chi connectivity index (χ0) is 11.0. The lowest BCUT2D eigenvalue weighted by atomic mass is 10.3. The maximum absolute atomic E-state index is 10.9. The third-order valence-electron chi connectivity index (χ3n) is 2.10. The lowest BCUT2D eigenvalue weighted by molar-refractivity contribution is -0.141. The van der Waals surface area contributed by atoms with Gasteiger partial charge >= 0.3 is 5.97 Å². The van der Waals surface area contributed by atoms with E-state index in [4.69, 9.17) is 4.74 Å². The van der Waals surface area contributed by atoms with Crippen LogP contribution < -0.4 is 5.32 Å². The summed E-state index contributed by atoms with van der Waals surface area (Å²) in [5.41, 5.74) is 0. The number of nitrogens with zero attached hydrogens (tertiary/aromatic N) is 1. The van der Waals surface area contributed by atoms with Crippen molar-refractivity contribution in [2.45, 2.75) is 26.8 Å². The average molecular weight is 202 g/mol. The average Bonchev–Trinajstić information content (AvgIpc) is 2.12. The molecule has 0 aromatic heterocycles. The van der Waals surface area contributed by atoms with Crippen molar-refractivity contribution in [3.63, 3.8) is 0 Å². The minimum absolute atomic E-state index is 0.181. The van der Waals surface area contributed by atoms with Gasteiger partial charge in [0.05, 0.1) is 13.2 Å². The highest BCUT2D eigenvalue weighted by Gasteiger charge is 2.03. The molecule has 0 atom stereocenters. The van der Waals surface area contributed by atoms with Crippen LogP contribution in [-0.4, -0.2) is 50.2 Å². The molecule has 4 nitrogen and oxygen atoms in total. The van der Waals surface area contributed by atoms with E-state index < -0.39 is 0 Å². The molecule has 0 saturated carbocycles. The van der Waals surface area contributed by atoms with Crippen LogP contribution in [0.3, 0.4) is 0 Å². The normalized spacial score (nSPS) is 11.0. The first-order valence-corrected chi connectivity index (χ1v) is 5.14. The van der Waals surface area contributed by atoms with Gasteiger partial charge in [0.25, 0.3) is 0 Å². The predicted octanol–water partition coefficient (Wildman–Crippen LogP) is 0.479. The molecule has 0 unspecified atom stereocenters. The highest BCUT2D eigenvalue weighted by Crippen LogP contribution is 1.90. The van der Waals surface area contributed by atoms with Crippen molar-refractivity contribution in [1.82, 2.24) is 10.2 Å². The molecule has 0 bridgehead atoms. The molecule has 84 valence electrons. The summed E-state index contributed by atoms with van der Waals surface area (Å²) in [6, 6.07) is 0.541. The van der Waals surface area contributed by atoms with Crippen molar-refractivity contribution in [1.29, 1.82) is 0 Å². The van der Waals surface area contributed by atoms with E-state index in [9.17, 15) is 4.79 Å². The monoisotopic (exact) mass is 202 g/mol. The highest BCUT2D eigenvalue weighted by molar-refractivity contribution is 5.71. The van der Waals surface area contributed by atoms with E-state index in [0.29, 0.717) is 19.2 Å². The minimum Gasteiger partial charge on any atom is -0.465 e. The molecule has 0 aliphatic rings. The molecular formula is C10H22N2O2. The maximum Gasteiger partial charge on any atom is 0.319 e. The molecule has 0 aliphatic carbocycles. The molecule has 1 N–H and O–H groups in total. The fraction of sp³-hybridized carbons (Fsp3) is 0.900. The molecule has 4 heteroatoms. The van der Waals surface area contributed by atoms with E-state index in [-0.39, 0.29) is 5.97 Å². The summed E-state index contributed by atoms with van der Waals surface area (Å²) in [7, 11) is 2.07. The van der Waals surface area contributed by atoms with Gasteiger partial charge in [-0.3, -0.25) is 4.79 Å². The Morgan fingerprint density at radius 3 is 2.64 bits per heavy atom. The summed E-state index contributed by atoms with van der Waals surface area (Å²) >= 11 is 0. The van der Waals surface area contributed by atoms with Gasteiger partial charge in [-0.15, -0.1) is 0 Å². The summed E-state index contributed by atoms with van der Waals surface area (Å²) in [5.74, 6) is -0.181. The van der Waals surface area contributed by atoms with Crippen molar-refractivity contribution in [2.24, 2.45) is 0 Å². The first-order valence-electron chi connectivity index (χ1n) is 5.14. The van der Waals surface area contributed by atoms with Gasteiger partial charge in [0, 0.05) is 19.1 Å². The number of hydrogen-bond acceptors (Lipinski definition) is 4. The van der Waals surface area contributed by atoms with E-state index in [0.717, 1.165) is 13.1 Å². The number of ether oxygens (including phenoxy) is 1. The number of esters is 1. The van der Waals surface area contributed by atoms with Crippen LogP contribution in [0, 0.1) is 0 Å². The molecule has 0 radical (unpaired) electrons. The van der Waals surface area contributed by atoms with Crippen LogP contribution in [0.15, 0.2) is 0 Å². The predicted molar refractivity (Wildman–Crippen MR) is 57.3 cm³/mol. The smallest absolute Gasteiger partial charge is 0.319 e. The Kier molecular flexibility index (Phi) is 7.42. The number of carbonyl (C=O) groups is 1. The summed E-state index contributed by atoms with van der Waals surface area (Å²) in [6.45, 7) is 8.61. The van der Waals surface area contributed by atoms with Crippen molar-refractivity contribution >= 4 is 5.97 Å². The Morgan fingerprint density at radius 2 is 2.14 bits per heavy atom. The lowest BCUT2D eigenvalue weighted by Gasteiger charge is -2.20. The Morgan fingerprint density at radius 1 is 1.50 bits per heavy atom. The van der Waals surface area contributed by atoms with Crippen LogP contribution in [-0.2, 0) is 9.53 Å². The van der Waals surface area contributed by atoms with Gasteiger partial charge in [-0.25, -0.2) is 0 Å². The van der Waals surface area contributed by atoms with Gasteiger partial charge in [-0.1, -0.05) is 0 Å². The second-order valence-electron chi connectivity index (χ2n) is 3.56. The third kappa shape index (κ3) is 6.86. The van der Waals surface area contributed by atoms with E-state index in [2.05, 4.69) is 31.1 Å². The van der Waals surface area contributed by atoms with Gasteiger partial charge in [-0.05, 0) is 27.8 Å².